The minimum atomic E-state index is -1.97. The van der Waals surface area contributed by atoms with E-state index in [1.165, 1.54) is 0 Å². The topological polar surface area (TPSA) is 29.5 Å². The summed E-state index contributed by atoms with van der Waals surface area (Å²) in [4.78, 5) is 15.4. The van der Waals surface area contributed by atoms with Crippen LogP contribution in [-0.2, 0) is 9.22 Å². The van der Waals surface area contributed by atoms with Crippen LogP contribution in [0.25, 0.3) is 0 Å². The molecule has 0 radical (unpaired) electrons. The Balaban J connectivity index is 2.33. The maximum absolute atomic E-state index is 13.4. The first-order valence-electron chi connectivity index (χ1n) is 9.59. The minimum Gasteiger partial charge on any atom is -0.411 e. The molecule has 3 nitrogen and oxygen atoms in total. The summed E-state index contributed by atoms with van der Waals surface area (Å²) in [5.74, 6) is 0.178. The number of hydrogen-bond donors (Lipinski definition) is 0. The molecule has 1 saturated heterocycles. The molecular weight excluding hydrogens is 338 g/mol. The Labute approximate surface area is 160 Å². The second-order valence-electron chi connectivity index (χ2n) is 9.32. The third-order valence-electron chi connectivity index (χ3n) is 6.38. The van der Waals surface area contributed by atoms with Crippen LogP contribution in [0.4, 0.5) is 0 Å². The average Bonchev–Trinajstić information content (AvgIpc) is 2.79. The molecule has 1 amide bonds. The van der Waals surface area contributed by atoms with Crippen LogP contribution in [0.5, 0.6) is 0 Å². The molecule has 0 aromatic heterocycles. The molecule has 1 fully saturated rings. The maximum Gasteiger partial charge on any atom is 0.232 e. The van der Waals surface area contributed by atoms with Crippen LogP contribution < -0.4 is 0 Å². The van der Waals surface area contributed by atoms with Crippen molar-refractivity contribution in [3.05, 3.63) is 48.6 Å². The van der Waals surface area contributed by atoms with Crippen LogP contribution in [0, 0.1) is 5.41 Å². The van der Waals surface area contributed by atoms with Crippen molar-refractivity contribution in [2.24, 2.45) is 5.41 Å². The van der Waals surface area contributed by atoms with Crippen molar-refractivity contribution in [1.82, 2.24) is 4.90 Å². The summed E-state index contributed by atoms with van der Waals surface area (Å²) in [6.45, 7) is 19.9. The molecule has 1 aliphatic rings. The maximum atomic E-state index is 13.4. The molecule has 144 valence electrons. The monoisotopic (exact) mass is 373 g/mol. The summed E-state index contributed by atoms with van der Waals surface area (Å²) in [6.07, 6.45) is 2.40. The predicted octanol–water partition coefficient (Wildman–Crippen LogP) is 5.56. The minimum absolute atomic E-state index is 0.0425. The van der Waals surface area contributed by atoms with Gasteiger partial charge in [-0.2, -0.15) is 0 Å². The van der Waals surface area contributed by atoms with Gasteiger partial charge >= 0.3 is 0 Å². The molecule has 0 N–H and O–H groups in total. The Kier molecular flexibility index (Phi) is 5.89. The quantitative estimate of drug-likeness (QED) is 0.482. The summed E-state index contributed by atoms with van der Waals surface area (Å²) >= 11 is 0. The molecule has 0 spiro atoms. The van der Waals surface area contributed by atoms with Gasteiger partial charge in [-0.15, -0.1) is 6.58 Å². The normalized spacial score (nSPS) is 25.4. The van der Waals surface area contributed by atoms with Crippen molar-refractivity contribution in [1.29, 1.82) is 0 Å². The Bertz CT molecular complexity index is 650. The third kappa shape index (κ3) is 3.81. The molecule has 2 rings (SSSR count). The van der Waals surface area contributed by atoms with Crippen molar-refractivity contribution in [2.45, 2.75) is 71.3 Å². The summed E-state index contributed by atoms with van der Waals surface area (Å²) in [6, 6.07) is 10.3. The van der Waals surface area contributed by atoms with Crippen LogP contribution in [0.3, 0.4) is 0 Å². The van der Waals surface area contributed by atoms with E-state index in [2.05, 4.69) is 59.5 Å². The number of allylic oxidation sites excluding steroid dienone is 1. The highest BCUT2D eigenvalue weighted by Gasteiger charge is 2.54. The fraction of sp³-hybridized carbons (Fsp3) is 0.591. The highest BCUT2D eigenvalue weighted by atomic mass is 28.4. The molecule has 0 saturated carbocycles. The largest absolute Gasteiger partial charge is 0.411 e. The van der Waals surface area contributed by atoms with Gasteiger partial charge in [0.1, 0.15) is 0 Å². The van der Waals surface area contributed by atoms with E-state index in [1.54, 1.807) is 0 Å². The first-order chi connectivity index (χ1) is 11.9. The van der Waals surface area contributed by atoms with Gasteiger partial charge in [0.15, 0.2) is 8.32 Å². The SMILES string of the molecule is C=CC[C@]1(C)C(=O)N([C@H](C)c2ccccc2)C[C@H]1O[Si](C)(C)C(C)(C)C. The molecule has 4 heteroatoms. The highest BCUT2D eigenvalue weighted by Crippen LogP contribution is 2.45. The van der Waals surface area contributed by atoms with Gasteiger partial charge in [-0.05, 0) is 44.0 Å². The molecule has 0 bridgehead atoms. The van der Waals surface area contributed by atoms with E-state index in [0.29, 0.717) is 13.0 Å². The molecule has 0 unspecified atom stereocenters. The average molecular weight is 374 g/mol. The molecule has 1 aromatic carbocycles. The van der Waals surface area contributed by atoms with Gasteiger partial charge in [-0.3, -0.25) is 4.79 Å². The zero-order chi connectivity index (χ0) is 19.8. The van der Waals surface area contributed by atoms with Crippen LogP contribution in [0.2, 0.25) is 18.1 Å². The summed E-state index contributed by atoms with van der Waals surface area (Å²) < 4.78 is 6.75. The van der Waals surface area contributed by atoms with E-state index < -0.39 is 13.7 Å². The van der Waals surface area contributed by atoms with Gasteiger partial charge in [0.25, 0.3) is 0 Å². The van der Waals surface area contributed by atoms with E-state index in [1.807, 2.05) is 36.1 Å². The Morgan fingerprint density at radius 2 is 1.92 bits per heavy atom. The second kappa shape index (κ2) is 7.32. The number of amides is 1. The zero-order valence-corrected chi connectivity index (χ0v) is 18.5. The number of carbonyl (C=O) groups is 1. The van der Waals surface area contributed by atoms with E-state index in [0.717, 1.165) is 5.56 Å². The Morgan fingerprint density at radius 3 is 2.42 bits per heavy atom. The standard InChI is InChI=1S/C22H35NO2Si/c1-9-15-22(6)19(25-26(7,8)21(3,4)5)16-23(20(22)24)17(2)18-13-11-10-12-14-18/h9-14,17,19H,1,15-16H2,2-8H3/t17-,19-,22+/m1/s1. The number of nitrogens with zero attached hydrogens (tertiary/aromatic N) is 1. The lowest BCUT2D eigenvalue weighted by Gasteiger charge is -2.41. The summed E-state index contributed by atoms with van der Waals surface area (Å²) in [5, 5.41) is 0.115. The Morgan fingerprint density at radius 1 is 1.35 bits per heavy atom. The number of hydrogen-bond acceptors (Lipinski definition) is 2. The third-order valence-corrected chi connectivity index (χ3v) is 10.9. The number of benzene rings is 1. The first kappa shape index (κ1) is 20.9. The number of carbonyl (C=O) groups excluding carboxylic acids is 1. The van der Waals surface area contributed by atoms with E-state index in [4.69, 9.17) is 4.43 Å². The van der Waals surface area contributed by atoms with Crippen molar-refractivity contribution in [3.8, 4) is 0 Å². The van der Waals surface area contributed by atoms with Gasteiger partial charge in [0.05, 0.1) is 17.6 Å². The van der Waals surface area contributed by atoms with Crippen molar-refractivity contribution < 1.29 is 9.22 Å². The molecule has 1 aliphatic heterocycles. The fourth-order valence-corrected chi connectivity index (χ4v) is 4.79. The summed E-state index contributed by atoms with van der Waals surface area (Å²) in [7, 11) is -1.97. The molecule has 26 heavy (non-hydrogen) atoms. The van der Waals surface area contributed by atoms with Gasteiger partial charge in [0, 0.05) is 6.54 Å². The number of rotatable bonds is 6. The van der Waals surface area contributed by atoms with Gasteiger partial charge < -0.3 is 9.33 Å². The molecule has 0 aliphatic carbocycles. The number of likely N-dealkylation sites (tertiary alicyclic amines) is 1. The van der Waals surface area contributed by atoms with Crippen LogP contribution in [-0.4, -0.2) is 31.8 Å². The first-order valence-corrected chi connectivity index (χ1v) is 12.5. The highest BCUT2D eigenvalue weighted by molar-refractivity contribution is 6.74. The van der Waals surface area contributed by atoms with Crippen molar-refractivity contribution in [2.75, 3.05) is 6.54 Å². The van der Waals surface area contributed by atoms with Crippen molar-refractivity contribution in [3.63, 3.8) is 0 Å². The van der Waals surface area contributed by atoms with E-state index in [9.17, 15) is 4.79 Å². The van der Waals surface area contributed by atoms with Crippen molar-refractivity contribution >= 4 is 14.2 Å². The van der Waals surface area contributed by atoms with E-state index >= 15 is 0 Å². The lowest BCUT2D eigenvalue weighted by molar-refractivity contribution is -0.138. The molecular formula is C22H35NO2Si. The van der Waals surface area contributed by atoms with E-state index in [-0.39, 0.29) is 23.1 Å². The van der Waals surface area contributed by atoms with Crippen LogP contribution in [0.1, 0.15) is 52.6 Å². The lowest BCUT2D eigenvalue weighted by Crippen LogP contribution is -2.48. The second-order valence-corrected chi connectivity index (χ2v) is 14.1. The molecule has 3 atom stereocenters. The lowest BCUT2D eigenvalue weighted by atomic mass is 9.83. The molecule has 1 heterocycles. The van der Waals surface area contributed by atoms with Crippen LogP contribution in [0.15, 0.2) is 43.0 Å². The van der Waals surface area contributed by atoms with Gasteiger partial charge in [-0.1, -0.05) is 57.2 Å². The predicted molar refractivity (Wildman–Crippen MR) is 112 cm³/mol. The van der Waals surface area contributed by atoms with Gasteiger partial charge in [0.2, 0.25) is 5.91 Å². The fourth-order valence-electron chi connectivity index (χ4n) is 3.39. The summed E-state index contributed by atoms with van der Waals surface area (Å²) in [5.41, 5.74) is 0.620. The van der Waals surface area contributed by atoms with Crippen LogP contribution >= 0.6 is 0 Å². The van der Waals surface area contributed by atoms with Gasteiger partial charge in [-0.25, -0.2) is 0 Å². The Hall–Kier alpha value is -1.39. The molecule has 1 aromatic rings. The smallest absolute Gasteiger partial charge is 0.232 e. The zero-order valence-electron chi connectivity index (χ0n) is 17.5.